The minimum Gasteiger partial charge on any atom is -0.294 e. The number of nitrogens with zero attached hydrogens (tertiary/aromatic N) is 2. The second-order valence-electron chi connectivity index (χ2n) is 8.05. The van der Waals surface area contributed by atoms with Crippen LogP contribution >= 0.6 is 11.6 Å². The topological polar surface area (TPSA) is 50.3 Å². The van der Waals surface area contributed by atoms with Crippen LogP contribution in [-0.2, 0) is 9.59 Å². The molecule has 4 rings (SSSR count). The lowest BCUT2D eigenvalue weighted by molar-refractivity contribution is -0.121. The highest BCUT2D eigenvalue weighted by Crippen LogP contribution is 2.48. The van der Waals surface area contributed by atoms with E-state index in [1.807, 2.05) is 30.3 Å². The number of aromatic nitrogens is 1. The van der Waals surface area contributed by atoms with E-state index < -0.39 is 0 Å². The van der Waals surface area contributed by atoms with Gasteiger partial charge in [-0.25, -0.2) is 0 Å². The summed E-state index contributed by atoms with van der Waals surface area (Å²) in [6.07, 6.45) is 4.76. The first kappa shape index (κ1) is 17.9. The Hall–Kier alpha value is -2.46. The summed E-state index contributed by atoms with van der Waals surface area (Å²) in [7, 11) is 0. The van der Waals surface area contributed by atoms with Crippen molar-refractivity contribution >= 4 is 29.0 Å². The number of halogens is 1. The lowest BCUT2D eigenvalue weighted by atomic mass is 9.69. The lowest BCUT2D eigenvalue weighted by Crippen LogP contribution is -2.43. The highest BCUT2D eigenvalue weighted by Gasteiger charge is 2.44. The van der Waals surface area contributed by atoms with E-state index in [4.69, 9.17) is 11.6 Å². The third-order valence-corrected chi connectivity index (χ3v) is 5.53. The van der Waals surface area contributed by atoms with Gasteiger partial charge in [0.05, 0.1) is 11.9 Å². The van der Waals surface area contributed by atoms with Gasteiger partial charge in [0, 0.05) is 41.2 Å². The van der Waals surface area contributed by atoms with E-state index in [9.17, 15) is 9.59 Å². The molecule has 1 amide bonds. The van der Waals surface area contributed by atoms with E-state index in [-0.39, 0.29) is 29.4 Å². The van der Waals surface area contributed by atoms with Crippen molar-refractivity contribution in [3.8, 4) is 0 Å². The van der Waals surface area contributed by atoms with Crippen molar-refractivity contribution in [2.75, 3.05) is 4.90 Å². The Kier molecular flexibility index (Phi) is 4.39. The Balaban J connectivity index is 1.90. The van der Waals surface area contributed by atoms with E-state index in [0.717, 1.165) is 16.8 Å². The molecule has 1 aromatic heterocycles. The summed E-state index contributed by atoms with van der Waals surface area (Å²) >= 11 is 6.18. The Morgan fingerprint density at radius 2 is 1.96 bits per heavy atom. The predicted octanol–water partition coefficient (Wildman–Crippen LogP) is 4.90. The average Bonchev–Trinajstić information content (AvgIpc) is 2.60. The first-order valence-electron chi connectivity index (χ1n) is 9.10. The number of carbonyl (C=O) groups is 2. The molecule has 0 spiro atoms. The van der Waals surface area contributed by atoms with Gasteiger partial charge in [-0.3, -0.25) is 19.5 Å². The number of anilines is 1. The first-order valence-corrected chi connectivity index (χ1v) is 9.48. The maximum absolute atomic E-state index is 13.2. The molecule has 1 aliphatic heterocycles. The lowest BCUT2D eigenvalue weighted by Gasteiger charge is -2.42. The van der Waals surface area contributed by atoms with E-state index in [0.29, 0.717) is 23.6 Å². The van der Waals surface area contributed by atoms with Gasteiger partial charge in [0.1, 0.15) is 0 Å². The van der Waals surface area contributed by atoms with Gasteiger partial charge < -0.3 is 0 Å². The third kappa shape index (κ3) is 3.30. The fourth-order valence-corrected chi connectivity index (χ4v) is 4.41. The molecule has 138 valence electrons. The van der Waals surface area contributed by atoms with Crippen molar-refractivity contribution in [3.63, 3.8) is 0 Å². The Morgan fingerprint density at radius 3 is 2.67 bits per heavy atom. The van der Waals surface area contributed by atoms with E-state index >= 15 is 0 Å². The summed E-state index contributed by atoms with van der Waals surface area (Å²) in [6, 6.07) is 11.1. The highest BCUT2D eigenvalue weighted by atomic mass is 35.5. The zero-order valence-electron chi connectivity index (χ0n) is 15.4. The van der Waals surface area contributed by atoms with Crippen LogP contribution in [0.3, 0.4) is 0 Å². The molecule has 0 bridgehead atoms. The van der Waals surface area contributed by atoms with E-state index in [1.165, 1.54) is 0 Å². The molecular formula is C22H21ClN2O2. The zero-order valence-corrected chi connectivity index (χ0v) is 16.2. The quantitative estimate of drug-likeness (QED) is 0.744. The number of Topliss-reactive ketones (excluding diaryl/α,β-unsaturated/α-hetero) is 1. The number of ketones is 1. The molecule has 2 aromatic rings. The van der Waals surface area contributed by atoms with Gasteiger partial charge in [0.2, 0.25) is 5.91 Å². The summed E-state index contributed by atoms with van der Waals surface area (Å²) in [5, 5.41) is 0.611. The molecule has 4 nitrogen and oxygen atoms in total. The van der Waals surface area contributed by atoms with Crippen LogP contribution in [0.5, 0.6) is 0 Å². The van der Waals surface area contributed by atoms with E-state index in [2.05, 4.69) is 18.8 Å². The fourth-order valence-electron chi connectivity index (χ4n) is 4.21. The predicted molar refractivity (Wildman–Crippen MR) is 106 cm³/mol. The highest BCUT2D eigenvalue weighted by molar-refractivity contribution is 6.30. The van der Waals surface area contributed by atoms with Crippen LogP contribution in [0.1, 0.15) is 44.6 Å². The van der Waals surface area contributed by atoms with Gasteiger partial charge >= 0.3 is 0 Å². The molecule has 1 aromatic carbocycles. The summed E-state index contributed by atoms with van der Waals surface area (Å²) in [5.41, 5.74) is 3.00. The number of hydrogen-bond acceptors (Lipinski definition) is 3. The van der Waals surface area contributed by atoms with Crippen LogP contribution < -0.4 is 4.90 Å². The summed E-state index contributed by atoms with van der Waals surface area (Å²) in [4.78, 5) is 32.2. The SMILES string of the molecule is CC1(C)CC(=O)C2=C(C1)N(c1cccnc1)C(=O)CC2c1cccc(Cl)c1. The largest absolute Gasteiger partial charge is 0.294 e. The zero-order chi connectivity index (χ0) is 19.2. The molecule has 1 atom stereocenters. The van der Waals surface area contributed by atoms with Gasteiger partial charge in [0.15, 0.2) is 5.78 Å². The van der Waals surface area contributed by atoms with Gasteiger partial charge in [-0.15, -0.1) is 0 Å². The average molecular weight is 381 g/mol. The minimum absolute atomic E-state index is 0.0165. The number of benzene rings is 1. The minimum atomic E-state index is -0.247. The third-order valence-electron chi connectivity index (χ3n) is 5.30. The van der Waals surface area contributed by atoms with Gasteiger partial charge in [-0.2, -0.15) is 0 Å². The summed E-state index contributed by atoms with van der Waals surface area (Å²) in [5.74, 6) is -0.146. The standard InChI is InChI=1S/C22H21ClN2O2/c1-22(2)11-18-21(19(26)12-22)17(14-5-3-6-15(23)9-14)10-20(27)25(18)16-7-4-8-24-13-16/h3-9,13,17H,10-12H2,1-2H3. The van der Waals surface area contributed by atoms with Crippen molar-refractivity contribution < 1.29 is 9.59 Å². The Morgan fingerprint density at radius 1 is 1.15 bits per heavy atom. The van der Waals surface area contributed by atoms with Crippen LogP contribution in [0.4, 0.5) is 5.69 Å². The molecule has 1 aliphatic carbocycles. The molecule has 0 fully saturated rings. The smallest absolute Gasteiger partial charge is 0.232 e. The van der Waals surface area contributed by atoms with Crippen LogP contribution in [0.2, 0.25) is 5.02 Å². The van der Waals surface area contributed by atoms with Crippen LogP contribution in [0, 0.1) is 5.41 Å². The number of carbonyl (C=O) groups excluding carboxylic acids is 2. The van der Waals surface area contributed by atoms with Crippen LogP contribution in [0.15, 0.2) is 60.1 Å². The van der Waals surface area contributed by atoms with Crippen molar-refractivity contribution in [1.29, 1.82) is 0 Å². The Labute approximate surface area is 163 Å². The molecule has 0 saturated heterocycles. The fraction of sp³-hybridized carbons (Fsp3) is 0.318. The molecule has 5 heteroatoms. The van der Waals surface area contributed by atoms with E-state index in [1.54, 1.807) is 23.4 Å². The van der Waals surface area contributed by atoms with Gasteiger partial charge in [0.25, 0.3) is 0 Å². The molecule has 2 aliphatic rings. The molecule has 27 heavy (non-hydrogen) atoms. The van der Waals surface area contributed by atoms with Crippen LogP contribution in [-0.4, -0.2) is 16.7 Å². The molecule has 2 heterocycles. The van der Waals surface area contributed by atoms with Crippen molar-refractivity contribution in [2.45, 2.75) is 39.0 Å². The summed E-state index contributed by atoms with van der Waals surface area (Å²) < 4.78 is 0. The molecular weight excluding hydrogens is 360 g/mol. The number of hydrogen-bond donors (Lipinski definition) is 0. The second kappa shape index (κ2) is 6.61. The normalized spacial score (nSPS) is 22.0. The first-order chi connectivity index (χ1) is 12.9. The maximum atomic E-state index is 13.2. The Bertz CT molecular complexity index is 950. The number of pyridine rings is 1. The van der Waals surface area contributed by atoms with Crippen LogP contribution in [0.25, 0.3) is 0 Å². The van der Waals surface area contributed by atoms with Gasteiger partial charge in [-0.1, -0.05) is 37.6 Å². The number of rotatable bonds is 2. The monoisotopic (exact) mass is 380 g/mol. The number of allylic oxidation sites excluding steroid dienone is 2. The second-order valence-corrected chi connectivity index (χ2v) is 8.49. The van der Waals surface area contributed by atoms with Crippen molar-refractivity contribution in [1.82, 2.24) is 4.98 Å². The molecule has 0 radical (unpaired) electrons. The number of amides is 1. The van der Waals surface area contributed by atoms with Gasteiger partial charge in [-0.05, 0) is 41.7 Å². The van der Waals surface area contributed by atoms with Crippen molar-refractivity contribution in [2.24, 2.45) is 5.41 Å². The maximum Gasteiger partial charge on any atom is 0.232 e. The molecule has 0 N–H and O–H groups in total. The summed E-state index contributed by atoms with van der Waals surface area (Å²) in [6.45, 7) is 4.15. The molecule has 1 unspecified atom stereocenters. The van der Waals surface area contributed by atoms with Crippen molar-refractivity contribution in [3.05, 3.63) is 70.6 Å². The molecule has 0 saturated carbocycles.